The highest BCUT2D eigenvalue weighted by Crippen LogP contribution is 2.21. The molecule has 110 valence electrons. The molecule has 3 aromatic rings. The van der Waals surface area contributed by atoms with Crippen LogP contribution in [-0.4, -0.2) is 14.3 Å². The molecule has 0 aliphatic rings. The van der Waals surface area contributed by atoms with Gasteiger partial charge in [0.25, 0.3) is 0 Å². The van der Waals surface area contributed by atoms with Crippen LogP contribution in [-0.2, 0) is 6.54 Å². The second kappa shape index (κ2) is 5.76. The van der Waals surface area contributed by atoms with E-state index in [4.69, 9.17) is 5.10 Å². The highest BCUT2D eigenvalue weighted by molar-refractivity contribution is 5.81. The molecule has 0 saturated heterocycles. The van der Waals surface area contributed by atoms with Crippen molar-refractivity contribution in [2.75, 3.05) is 0 Å². The Hall–Kier alpha value is -2.03. The first kappa shape index (κ1) is 13.9. The van der Waals surface area contributed by atoms with E-state index in [-0.39, 0.29) is 0 Å². The van der Waals surface area contributed by atoms with E-state index >= 15 is 0 Å². The fourth-order valence-corrected chi connectivity index (χ4v) is 3.05. The van der Waals surface area contributed by atoms with E-state index in [0.717, 1.165) is 25.1 Å². The lowest BCUT2D eigenvalue weighted by molar-refractivity contribution is 0.424. The van der Waals surface area contributed by atoms with Crippen LogP contribution in [0.4, 0.5) is 0 Å². The van der Waals surface area contributed by atoms with Gasteiger partial charge in [-0.3, -0.25) is 4.68 Å². The summed E-state index contributed by atoms with van der Waals surface area (Å²) in [5.74, 6) is 0. The monoisotopic (exact) mass is 281 g/mol. The van der Waals surface area contributed by atoms with Gasteiger partial charge >= 0.3 is 0 Å². The molecule has 0 bridgehead atoms. The topological polar surface area (TPSA) is 22.8 Å². The van der Waals surface area contributed by atoms with E-state index in [0.29, 0.717) is 6.04 Å². The van der Waals surface area contributed by atoms with Gasteiger partial charge in [0.15, 0.2) is 0 Å². The predicted octanol–water partition coefficient (Wildman–Crippen LogP) is 4.56. The van der Waals surface area contributed by atoms with Gasteiger partial charge < -0.3 is 4.57 Å². The zero-order valence-electron chi connectivity index (χ0n) is 13.1. The molecule has 0 N–H and O–H groups in total. The summed E-state index contributed by atoms with van der Waals surface area (Å²) in [7, 11) is 0. The molecule has 0 spiro atoms. The van der Waals surface area contributed by atoms with Crippen molar-refractivity contribution in [1.29, 1.82) is 0 Å². The smallest absolute Gasteiger partial charge is 0.0822 e. The SMILES string of the molecule is CCC(CC)n1ccc(Cn2c(C)cc3ccccc32)n1. The predicted molar refractivity (Wildman–Crippen MR) is 87.6 cm³/mol. The van der Waals surface area contributed by atoms with Crippen LogP contribution in [0.3, 0.4) is 0 Å². The van der Waals surface area contributed by atoms with Crippen LogP contribution in [0.25, 0.3) is 10.9 Å². The first-order valence-corrected chi connectivity index (χ1v) is 7.81. The first-order chi connectivity index (χ1) is 10.2. The molecule has 3 heteroatoms. The maximum atomic E-state index is 4.77. The average molecular weight is 281 g/mol. The lowest BCUT2D eigenvalue weighted by atomic mass is 10.2. The van der Waals surface area contributed by atoms with Crippen LogP contribution in [0.1, 0.15) is 44.1 Å². The van der Waals surface area contributed by atoms with E-state index < -0.39 is 0 Å². The molecule has 0 amide bonds. The minimum absolute atomic E-state index is 0.515. The lowest BCUT2D eigenvalue weighted by Crippen LogP contribution is -2.09. The first-order valence-electron chi connectivity index (χ1n) is 7.81. The highest BCUT2D eigenvalue weighted by Gasteiger charge is 2.10. The minimum Gasteiger partial charge on any atom is -0.339 e. The summed E-state index contributed by atoms with van der Waals surface area (Å²) in [6.07, 6.45) is 4.38. The van der Waals surface area contributed by atoms with Crippen molar-refractivity contribution < 1.29 is 0 Å². The number of fused-ring (bicyclic) bond motifs is 1. The summed E-state index contributed by atoms with van der Waals surface area (Å²) in [5, 5.41) is 6.07. The van der Waals surface area contributed by atoms with Crippen molar-refractivity contribution in [2.45, 2.75) is 46.2 Å². The molecule has 0 radical (unpaired) electrons. The number of para-hydroxylation sites is 1. The Morgan fingerprint density at radius 2 is 1.86 bits per heavy atom. The molecule has 2 aromatic heterocycles. The quantitative estimate of drug-likeness (QED) is 0.672. The second-order valence-electron chi connectivity index (χ2n) is 5.69. The fourth-order valence-electron chi connectivity index (χ4n) is 3.05. The Morgan fingerprint density at radius 3 is 2.62 bits per heavy atom. The number of aromatic nitrogens is 3. The van der Waals surface area contributed by atoms with Crippen molar-refractivity contribution in [3.63, 3.8) is 0 Å². The third-order valence-corrected chi connectivity index (χ3v) is 4.32. The molecular weight excluding hydrogens is 258 g/mol. The van der Waals surface area contributed by atoms with Crippen LogP contribution in [0, 0.1) is 6.92 Å². The van der Waals surface area contributed by atoms with E-state index in [1.165, 1.54) is 16.6 Å². The third kappa shape index (κ3) is 2.60. The van der Waals surface area contributed by atoms with E-state index in [1.54, 1.807) is 0 Å². The molecule has 21 heavy (non-hydrogen) atoms. The summed E-state index contributed by atoms with van der Waals surface area (Å²) in [6, 6.07) is 13.4. The van der Waals surface area contributed by atoms with Gasteiger partial charge in [0, 0.05) is 17.4 Å². The Bertz CT molecular complexity index is 732. The van der Waals surface area contributed by atoms with Gasteiger partial charge in [0.2, 0.25) is 0 Å². The number of rotatable bonds is 5. The molecule has 0 aliphatic heterocycles. The molecule has 0 saturated carbocycles. The summed E-state index contributed by atoms with van der Waals surface area (Å²) >= 11 is 0. The average Bonchev–Trinajstić information content (AvgIpc) is 3.07. The Kier molecular flexibility index (Phi) is 3.82. The fraction of sp³-hybridized carbons (Fsp3) is 0.389. The highest BCUT2D eigenvalue weighted by atomic mass is 15.3. The van der Waals surface area contributed by atoms with Gasteiger partial charge in [0.05, 0.1) is 18.3 Å². The van der Waals surface area contributed by atoms with Crippen molar-refractivity contribution in [3.05, 3.63) is 54.0 Å². The molecular formula is C18H23N3. The summed E-state index contributed by atoms with van der Waals surface area (Å²) in [4.78, 5) is 0. The molecule has 3 rings (SSSR count). The van der Waals surface area contributed by atoms with Crippen molar-refractivity contribution >= 4 is 10.9 Å². The molecule has 0 aliphatic carbocycles. The molecule has 0 atom stereocenters. The van der Waals surface area contributed by atoms with E-state index in [9.17, 15) is 0 Å². The lowest BCUT2D eigenvalue weighted by Gasteiger charge is -2.12. The van der Waals surface area contributed by atoms with Gasteiger partial charge in [0.1, 0.15) is 0 Å². The summed E-state index contributed by atoms with van der Waals surface area (Å²) in [6.45, 7) is 7.45. The van der Waals surface area contributed by atoms with Gasteiger partial charge in [-0.2, -0.15) is 5.10 Å². The minimum atomic E-state index is 0.515. The van der Waals surface area contributed by atoms with Crippen molar-refractivity contribution in [1.82, 2.24) is 14.3 Å². The van der Waals surface area contributed by atoms with Crippen LogP contribution < -0.4 is 0 Å². The van der Waals surface area contributed by atoms with E-state index in [1.807, 2.05) is 0 Å². The van der Waals surface area contributed by atoms with E-state index in [2.05, 4.69) is 72.6 Å². The Labute approximate surface area is 126 Å². The van der Waals surface area contributed by atoms with Crippen LogP contribution >= 0.6 is 0 Å². The van der Waals surface area contributed by atoms with Crippen LogP contribution in [0.5, 0.6) is 0 Å². The summed E-state index contributed by atoms with van der Waals surface area (Å²) in [5.41, 5.74) is 3.70. The second-order valence-corrected chi connectivity index (χ2v) is 5.69. The summed E-state index contributed by atoms with van der Waals surface area (Å²) < 4.78 is 4.46. The zero-order valence-corrected chi connectivity index (χ0v) is 13.1. The number of aryl methyl sites for hydroxylation is 1. The zero-order chi connectivity index (χ0) is 14.8. The largest absolute Gasteiger partial charge is 0.339 e. The molecule has 0 fully saturated rings. The Morgan fingerprint density at radius 1 is 1.10 bits per heavy atom. The molecule has 0 unspecified atom stereocenters. The standard InChI is InChI=1S/C18H23N3/c1-4-17(5-2)21-11-10-16(19-21)13-20-14(3)12-15-8-6-7-9-18(15)20/h6-12,17H,4-5,13H2,1-3H3. The molecule has 1 aromatic carbocycles. The van der Waals surface area contributed by atoms with Gasteiger partial charge in [-0.1, -0.05) is 32.0 Å². The molecule has 2 heterocycles. The van der Waals surface area contributed by atoms with Gasteiger partial charge in [-0.25, -0.2) is 0 Å². The normalized spacial score (nSPS) is 11.6. The number of benzene rings is 1. The number of hydrogen-bond donors (Lipinski definition) is 0. The van der Waals surface area contributed by atoms with Crippen molar-refractivity contribution in [2.24, 2.45) is 0 Å². The molecule has 3 nitrogen and oxygen atoms in total. The van der Waals surface area contributed by atoms with Gasteiger partial charge in [-0.15, -0.1) is 0 Å². The maximum Gasteiger partial charge on any atom is 0.0822 e. The Balaban J connectivity index is 1.90. The van der Waals surface area contributed by atoms with Crippen LogP contribution in [0.2, 0.25) is 0 Å². The van der Waals surface area contributed by atoms with Crippen LogP contribution in [0.15, 0.2) is 42.6 Å². The van der Waals surface area contributed by atoms with Crippen molar-refractivity contribution in [3.8, 4) is 0 Å². The maximum absolute atomic E-state index is 4.77. The number of nitrogens with zero attached hydrogens (tertiary/aromatic N) is 3. The number of hydrogen-bond acceptors (Lipinski definition) is 1. The third-order valence-electron chi connectivity index (χ3n) is 4.32. The van der Waals surface area contributed by atoms with Gasteiger partial charge in [-0.05, 0) is 43.4 Å².